The lowest BCUT2D eigenvalue weighted by atomic mass is 10.1. The zero-order chi connectivity index (χ0) is 16.6. The quantitative estimate of drug-likeness (QED) is 0.803. The monoisotopic (exact) mass is 321 g/mol. The van der Waals surface area contributed by atoms with Crippen molar-refractivity contribution >= 4 is 11.2 Å². The normalized spacial score (nSPS) is 19.5. The minimum absolute atomic E-state index is 0.259. The van der Waals surface area contributed by atoms with Gasteiger partial charge in [0.15, 0.2) is 11.2 Å². The highest BCUT2D eigenvalue weighted by molar-refractivity contribution is 5.69. The van der Waals surface area contributed by atoms with Crippen molar-refractivity contribution in [2.24, 2.45) is 14.1 Å². The molecule has 3 heterocycles. The van der Waals surface area contributed by atoms with Gasteiger partial charge in [0.2, 0.25) is 0 Å². The number of rotatable bonds is 4. The molecule has 2 aromatic rings. The number of aromatic nitrogens is 4. The van der Waals surface area contributed by atoms with Crippen LogP contribution in [0.3, 0.4) is 0 Å². The number of imidazole rings is 1. The second-order valence-electron chi connectivity index (χ2n) is 6.28. The van der Waals surface area contributed by atoms with Crippen molar-refractivity contribution in [2.45, 2.75) is 31.9 Å². The van der Waals surface area contributed by atoms with Crippen LogP contribution in [0.15, 0.2) is 15.9 Å². The Morgan fingerprint density at radius 1 is 1.30 bits per heavy atom. The number of hydrogen-bond donors (Lipinski definition) is 1. The number of β-amino-alcohol motifs (C(OH)–C–C–N with tert-alkyl or cyclic N) is 1. The largest absolute Gasteiger partial charge is 0.392 e. The predicted molar refractivity (Wildman–Crippen MR) is 86.5 cm³/mol. The second kappa shape index (κ2) is 6.29. The Hall–Kier alpha value is -1.93. The van der Waals surface area contributed by atoms with E-state index in [2.05, 4.69) is 9.88 Å². The lowest BCUT2D eigenvalue weighted by Gasteiger charge is -2.29. The topological polar surface area (TPSA) is 85.3 Å². The minimum atomic E-state index is -0.333. The third-order valence-corrected chi connectivity index (χ3v) is 4.54. The van der Waals surface area contributed by atoms with E-state index in [1.54, 1.807) is 25.0 Å². The Morgan fingerprint density at radius 3 is 2.83 bits per heavy atom. The molecule has 126 valence electrons. The number of nitrogens with zero attached hydrogens (tertiary/aromatic N) is 5. The first kappa shape index (κ1) is 15.9. The standard InChI is InChI=1S/C15H23N5O3/c1-17-10-16-13-12(17)14(22)20(15(23)18(13)2)8-4-7-19-6-3-5-11(21)9-19/h10-11,21H,3-9H2,1-2H3. The van der Waals surface area contributed by atoms with E-state index in [9.17, 15) is 14.7 Å². The molecule has 23 heavy (non-hydrogen) atoms. The van der Waals surface area contributed by atoms with Crippen molar-refractivity contribution in [3.05, 3.63) is 27.2 Å². The summed E-state index contributed by atoms with van der Waals surface area (Å²) in [4.78, 5) is 31.2. The van der Waals surface area contributed by atoms with Gasteiger partial charge in [0, 0.05) is 27.2 Å². The molecule has 1 atom stereocenters. The van der Waals surface area contributed by atoms with Gasteiger partial charge in [-0.15, -0.1) is 0 Å². The van der Waals surface area contributed by atoms with E-state index in [-0.39, 0.29) is 17.4 Å². The molecular formula is C15H23N5O3. The van der Waals surface area contributed by atoms with Gasteiger partial charge in [-0.05, 0) is 32.4 Å². The van der Waals surface area contributed by atoms with E-state index in [1.165, 1.54) is 9.13 Å². The first-order valence-corrected chi connectivity index (χ1v) is 8.00. The summed E-state index contributed by atoms with van der Waals surface area (Å²) in [6, 6.07) is 0. The van der Waals surface area contributed by atoms with Crippen LogP contribution in [0.5, 0.6) is 0 Å². The zero-order valence-corrected chi connectivity index (χ0v) is 13.6. The number of hydrogen-bond acceptors (Lipinski definition) is 5. The minimum Gasteiger partial charge on any atom is -0.392 e. The fourth-order valence-electron chi connectivity index (χ4n) is 3.28. The van der Waals surface area contributed by atoms with Crippen LogP contribution in [-0.2, 0) is 20.6 Å². The van der Waals surface area contributed by atoms with Gasteiger partial charge >= 0.3 is 5.69 Å². The summed E-state index contributed by atoms with van der Waals surface area (Å²) in [6.07, 6.45) is 3.83. The lowest BCUT2D eigenvalue weighted by Crippen LogP contribution is -2.42. The fraction of sp³-hybridized carbons (Fsp3) is 0.667. The SMILES string of the molecule is Cn1cnc2c1c(=O)n(CCCN1CCCC(O)C1)c(=O)n2C. The van der Waals surface area contributed by atoms with Gasteiger partial charge in [0.1, 0.15) is 0 Å². The maximum Gasteiger partial charge on any atom is 0.332 e. The number of fused-ring (bicyclic) bond motifs is 1. The summed E-state index contributed by atoms with van der Waals surface area (Å²) >= 11 is 0. The summed E-state index contributed by atoms with van der Waals surface area (Å²) in [7, 11) is 3.38. The lowest BCUT2D eigenvalue weighted by molar-refractivity contribution is 0.0694. The van der Waals surface area contributed by atoms with Crippen molar-refractivity contribution in [3.63, 3.8) is 0 Å². The Balaban J connectivity index is 1.79. The zero-order valence-electron chi connectivity index (χ0n) is 13.6. The highest BCUT2D eigenvalue weighted by Crippen LogP contribution is 2.10. The van der Waals surface area contributed by atoms with Crippen molar-refractivity contribution in [1.29, 1.82) is 0 Å². The van der Waals surface area contributed by atoms with Gasteiger partial charge < -0.3 is 14.6 Å². The van der Waals surface area contributed by atoms with Gasteiger partial charge in [-0.2, -0.15) is 0 Å². The highest BCUT2D eigenvalue weighted by atomic mass is 16.3. The first-order chi connectivity index (χ1) is 11.0. The molecule has 2 aromatic heterocycles. The number of likely N-dealkylation sites (tertiary alicyclic amines) is 1. The van der Waals surface area contributed by atoms with Crippen LogP contribution in [-0.4, -0.2) is 54.4 Å². The maximum absolute atomic E-state index is 12.6. The molecular weight excluding hydrogens is 298 g/mol. The van der Waals surface area contributed by atoms with Gasteiger partial charge in [-0.1, -0.05) is 0 Å². The maximum atomic E-state index is 12.6. The molecule has 0 aromatic carbocycles. The van der Waals surface area contributed by atoms with E-state index in [1.807, 2.05) is 0 Å². The van der Waals surface area contributed by atoms with Crippen molar-refractivity contribution < 1.29 is 5.11 Å². The molecule has 1 aliphatic heterocycles. The molecule has 3 rings (SSSR count). The average Bonchev–Trinajstić information content (AvgIpc) is 2.91. The van der Waals surface area contributed by atoms with Crippen LogP contribution < -0.4 is 11.2 Å². The Labute approximate surface area is 133 Å². The molecule has 1 unspecified atom stereocenters. The smallest absolute Gasteiger partial charge is 0.332 e. The van der Waals surface area contributed by atoms with Crippen LogP contribution in [0.2, 0.25) is 0 Å². The van der Waals surface area contributed by atoms with Crippen LogP contribution in [0, 0.1) is 0 Å². The second-order valence-corrected chi connectivity index (χ2v) is 6.28. The Morgan fingerprint density at radius 2 is 2.09 bits per heavy atom. The van der Waals surface area contributed by atoms with Gasteiger partial charge in [-0.3, -0.25) is 13.9 Å². The summed E-state index contributed by atoms with van der Waals surface area (Å²) in [5, 5.41) is 9.69. The van der Waals surface area contributed by atoms with Gasteiger partial charge in [0.25, 0.3) is 5.56 Å². The molecule has 1 fully saturated rings. The van der Waals surface area contributed by atoms with E-state index in [0.29, 0.717) is 30.7 Å². The molecule has 8 heteroatoms. The molecule has 0 bridgehead atoms. The van der Waals surface area contributed by atoms with E-state index < -0.39 is 0 Å². The number of aliphatic hydroxyl groups is 1. The number of piperidine rings is 1. The summed E-state index contributed by atoms with van der Waals surface area (Å²) in [5.41, 5.74) is 0.236. The third kappa shape index (κ3) is 2.96. The Kier molecular flexibility index (Phi) is 4.36. The molecule has 0 amide bonds. The molecule has 0 radical (unpaired) electrons. The van der Waals surface area contributed by atoms with E-state index >= 15 is 0 Å². The predicted octanol–water partition coefficient (Wildman–Crippen LogP) is -0.719. The summed E-state index contributed by atoms with van der Waals surface area (Å²) in [6.45, 7) is 2.79. The molecule has 1 saturated heterocycles. The number of aliphatic hydroxyl groups excluding tert-OH is 1. The third-order valence-electron chi connectivity index (χ3n) is 4.54. The first-order valence-electron chi connectivity index (χ1n) is 8.00. The molecule has 1 N–H and O–H groups in total. The Bertz CT molecular complexity index is 819. The summed E-state index contributed by atoms with van der Waals surface area (Å²) < 4.78 is 4.35. The van der Waals surface area contributed by atoms with Crippen LogP contribution in [0.4, 0.5) is 0 Å². The van der Waals surface area contributed by atoms with Crippen LogP contribution in [0.25, 0.3) is 11.2 Å². The molecule has 0 saturated carbocycles. The summed E-state index contributed by atoms with van der Waals surface area (Å²) in [5.74, 6) is 0. The van der Waals surface area contributed by atoms with Crippen molar-refractivity contribution in [3.8, 4) is 0 Å². The molecule has 0 aliphatic carbocycles. The fourth-order valence-corrected chi connectivity index (χ4v) is 3.28. The van der Waals surface area contributed by atoms with Crippen molar-refractivity contribution in [1.82, 2.24) is 23.6 Å². The number of aryl methyl sites for hydroxylation is 2. The van der Waals surface area contributed by atoms with Gasteiger partial charge in [-0.25, -0.2) is 9.78 Å². The molecule has 0 spiro atoms. The van der Waals surface area contributed by atoms with Crippen LogP contribution in [0.1, 0.15) is 19.3 Å². The average molecular weight is 321 g/mol. The van der Waals surface area contributed by atoms with Crippen LogP contribution >= 0.6 is 0 Å². The van der Waals surface area contributed by atoms with Crippen molar-refractivity contribution in [2.75, 3.05) is 19.6 Å². The molecule has 8 nitrogen and oxygen atoms in total. The van der Waals surface area contributed by atoms with E-state index in [0.717, 1.165) is 25.9 Å². The van der Waals surface area contributed by atoms with Gasteiger partial charge in [0.05, 0.1) is 12.4 Å². The highest BCUT2D eigenvalue weighted by Gasteiger charge is 2.18. The van der Waals surface area contributed by atoms with E-state index in [4.69, 9.17) is 0 Å². The molecule has 1 aliphatic rings.